The molecule has 1 aliphatic rings. The second kappa shape index (κ2) is 4.43. The predicted octanol–water partition coefficient (Wildman–Crippen LogP) is 0.620. The SMILES string of the molecule is OB(O)c1cc(Cl)cc(N2CCCC2)c1. The van der Waals surface area contributed by atoms with E-state index in [-0.39, 0.29) is 0 Å². The van der Waals surface area contributed by atoms with Gasteiger partial charge in [-0.05, 0) is 36.5 Å². The summed E-state index contributed by atoms with van der Waals surface area (Å²) in [6, 6.07) is 5.21. The molecule has 0 radical (unpaired) electrons. The van der Waals surface area contributed by atoms with Crippen molar-refractivity contribution < 1.29 is 10.0 Å². The van der Waals surface area contributed by atoms with E-state index in [2.05, 4.69) is 4.90 Å². The summed E-state index contributed by atoms with van der Waals surface area (Å²) < 4.78 is 0. The Kier molecular flexibility index (Phi) is 3.19. The first-order chi connectivity index (χ1) is 7.16. The summed E-state index contributed by atoms with van der Waals surface area (Å²) in [4.78, 5) is 2.21. The highest BCUT2D eigenvalue weighted by molar-refractivity contribution is 6.59. The Balaban J connectivity index is 2.30. The van der Waals surface area contributed by atoms with Gasteiger partial charge in [-0.25, -0.2) is 0 Å². The highest BCUT2D eigenvalue weighted by Crippen LogP contribution is 2.22. The largest absolute Gasteiger partial charge is 0.488 e. The molecule has 2 rings (SSSR count). The van der Waals surface area contributed by atoms with E-state index in [0.717, 1.165) is 18.8 Å². The van der Waals surface area contributed by atoms with E-state index in [4.69, 9.17) is 21.6 Å². The van der Waals surface area contributed by atoms with Crippen LogP contribution < -0.4 is 10.4 Å². The molecule has 1 heterocycles. The summed E-state index contributed by atoms with van der Waals surface area (Å²) in [6.07, 6.45) is 2.37. The molecule has 15 heavy (non-hydrogen) atoms. The fourth-order valence-corrected chi connectivity index (χ4v) is 2.14. The van der Waals surface area contributed by atoms with Crippen molar-refractivity contribution in [2.45, 2.75) is 12.8 Å². The van der Waals surface area contributed by atoms with Gasteiger partial charge in [0, 0.05) is 23.8 Å². The van der Waals surface area contributed by atoms with Gasteiger partial charge in [-0.15, -0.1) is 0 Å². The van der Waals surface area contributed by atoms with Gasteiger partial charge >= 0.3 is 7.12 Å². The Hall–Kier alpha value is -0.705. The molecule has 1 aliphatic heterocycles. The summed E-state index contributed by atoms with van der Waals surface area (Å²) in [5.74, 6) is 0. The van der Waals surface area contributed by atoms with Crippen LogP contribution in [0, 0.1) is 0 Å². The van der Waals surface area contributed by atoms with Gasteiger partial charge in [-0.3, -0.25) is 0 Å². The monoisotopic (exact) mass is 225 g/mol. The van der Waals surface area contributed by atoms with Crippen molar-refractivity contribution in [3.8, 4) is 0 Å². The van der Waals surface area contributed by atoms with Gasteiger partial charge in [-0.2, -0.15) is 0 Å². The lowest BCUT2D eigenvalue weighted by Crippen LogP contribution is -2.31. The Morgan fingerprint density at radius 3 is 2.40 bits per heavy atom. The second-order valence-corrected chi connectivity index (χ2v) is 4.25. The first kappa shape index (κ1) is 10.8. The van der Waals surface area contributed by atoms with Crippen molar-refractivity contribution in [3.05, 3.63) is 23.2 Å². The molecular weight excluding hydrogens is 212 g/mol. The number of nitrogens with zero attached hydrogens (tertiary/aromatic N) is 1. The average Bonchev–Trinajstić information content (AvgIpc) is 2.69. The molecule has 1 aromatic carbocycles. The smallest absolute Gasteiger partial charge is 0.423 e. The van der Waals surface area contributed by atoms with Crippen LogP contribution in [0.4, 0.5) is 5.69 Å². The molecule has 0 aliphatic carbocycles. The topological polar surface area (TPSA) is 43.7 Å². The van der Waals surface area contributed by atoms with E-state index in [1.54, 1.807) is 12.1 Å². The van der Waals surface area contributed by atoms with Crippen LogP contribution in [-0.2, 0) is 0 Å². The van der Waals surface area contributed by atoms with Gasteiger partial charge < -0.3 is 14.9 Å². The Labute approximate surface area is 94.4 Å². The van der Waals surface area contributed by atoms with Crippen molar-refractivity contribution in [2.24, 2.45) is 0 Å². The Morgan fingerprint density at radius 1 is 1.13 bits per heavy atom. The lowest BCUT2D eigenvalue weighted by Gasteiger charge is -2.18. The summed E-state index contributed by atoms with van der Waals surface area (Å²) in [5.41, 5.74) is 1.42. The quantitative estimate of drug-likeness (QED) is 0.725. The van der Waals surface area contributed by atoms with Crippen molar-refractivity contribution >= 4 is 29.9 Å². The summed E-state index contributed by atoms with van der Waals surface area (Å²) >= 11 is 5.92. The Morgan fingerprint density at radius 2 is 1.80 bits per heavy atom. The molecule has 0 atom stereocenters. The number of hydrogen-bond donors (Lipinski definition) is 2. The highest BCUT2D eigenvalue weighted by atomic mass is 35.5. The highest BCUT2D eigenvalue weighted by Gasteiger charge is 2.17. The zero-order chi connectivity index (χ0) is 10.8. The molecule has 5 heteroatoms. The van der Waals surface area contributed by atoms with Crippen molar-refractivity contribution in [2.75, 3.05) is 18.0 Å². The van der Waals surface area contributed by atoms with E-state index < -0.39 is 7.12 Å². The van der Waals surface area contributed by atoms with E-state index in [9.17, 15) is 0 Å². The van der Waals surface area contributed by atoms with Gasteiger partial charge in [0.25, 0.3) is 0 Å². The number of anilines is 1. The van der Waals surface area contributed by atoms with Crippen LogP contribution in [0.5, 0.6) is 0 Å². The molecule has 0 saturated carbocycles. The maximum atomic E-state index is 9.09. The standard InChI is InChI=1S/C10H13BClNO2/c12-9-5-8(11(14)15)6-10(7-9)13-3-1-2-4-13/h5-7,14-15H,1-4H2. The molecule has 0 bridgehead atoms. The molecular formula is C10H13BClNO2. The van der Waals surface area contributed by atoms with E-state index in [0.29, 0.717) is 10.5 Å². The van der Waals surface area contributed by atoms with Crippen LogP contribution in [0.3, 0.4) is 0 Å². The van der Waals surface area contributed by atoms with Crippen LogP contribution in [0.25, 0.3) is 0 Å². The first-order valence-corrected chi connectivity index (χ1v) is 5.46. The number of hydrogen-bond acceptors (Lipinski definition) is 3. The minimum Gasteiger partial charge on any atom is -0.423 e. The molecule has 80 valence electrons. The maximum Gasteiger partial charge on any atom is 0.488 e. The normalized spacial score (nSPS) is 15.8. The molecule has 1 saturated heterocycles. The number of benzene rings is 1. The first-order valence-electron chi connectivity index (χ1n) is 5.08. The van der Waals surface area contributed by atoms with Gasteiger partial charge in [0.1, 0.15) is 0 Å². The molecule has 3 nitrogen and oxygen atoms in total. The zero-order valence-corrected chi connectivity index (χ0v) is 9.11. The fraction of sp³-hybridized carbons (Fsp3) is 0.400. The molecule has 1 aromatic rings. The van der Waals surface area contributed by atoms with Crippen molar-refractivity contribution in [1.82, 2.24) is 0 Å². The minimum absolute atomic E-state index is 0.449. The van der Waals surface area contributed by atoms with Crippen LogP contribution >= 0.6 is 11.6 Å². The van der Waals surface area contributed by atoms with Gasteiger partial charge in [0.05, 0.1) is 0 Å². The van der Waals surface area contributed by atoms with Crippen LogP contribution in [0.15, 0.2) is 18.2 Å². The van der Waals surface area contributed by atoms with Crippen molar-refractivity contribution in [3.63, 3.8) is 0 Å². The molecule has 0 aromatic heterocycles. The van der Waals surface area contributed by atoms with Gasteiger partial charge in [0.15, 0.2) is 0 Å². The predicted molar refractivity (Wildman–Crippen MR) is 62.7 cm³/mol. The fourth-order valence-electron chi connectivity index (χ4n) is 1.90. The van der Waals surface area contributed by atoms with E-state index in [1.165, 1.54) is 12.8 Å². The average molecular weight is 225 g/mol. The third kappa shape index (κ3) is 2.45. The van der Waals surface area contributed by atoms with Crippen LogP contribution in [0.1, 0.15) is 12.8 Å². The number of halogens is 1. The lowest BCUT2D eigenvalue weighted by molar-refractivity contribution is 0.426. The third-order valence-electron chi connectivity index (χ3n) is 2.67. The van der Waals surface area contributed by atoms with Crippen LogP contribution in [0.2, 0.25) is 5.02 Å². The molecule has 0 spiro atoms. The van der Waals surface area contributed by atoms with Crippen LogP contribution in [-0.4, -0.2) is 30.3 Å². The summed E-state index contributed by atoms with van der Waals surface area (Å²) in [6.45, 7) is 2.03. The van der Waals surface area contributed by atoms with Gasteiger partial charge in [-0.1, -0.05) is 11.6 Å². The Bertz CT molecular complexity index is 353. The maximum absolute atomic E-state index is 9.09. The third-order valence-corrected chi connectivity index (χ3v) is 2.89. The molecule has 2 N–H and O–H groups in total. The van der Waals surface area contributed by atoms with E-state index in [1.807, 2.05) is 6.07 Å². The lowest BCUT2D eigenvalue weighted by atomic mass is 9.80. The van der Waals surface area contributed by atoms with E-state index >= 15 is 0 Å². The van der Waals surface area contributed by atoms with Gasteiger partial charge in [0.2, 0.25) is 0 Å². The number of rotatable bonds is 2. The summed E-state index contributed by atoms with van der Waals surface area (Å²) in [7, 11) is -1.45. The minimum atomic E-state index is -1.45. The molecule has 0 unspecified atom stereocenters. The second-order valence-electron chi connectivity index (χ2n) is 3.81. The zero-order valence-electron chi connectivity index (χ0n) is 8.36. The van der Waals surface area contributed by atoms with Crippen molar-refractivity contribution in [1.29, 1.82) is 0 Å². The molecule has 1 fully saturated rings. The molecule has 0 amide bonds. The summed E-state index contributed by atoms with van der Waals surface area (Å²) in [5, 5.41) is 18.7.